The second-order valence-corrected chi connectivity index (χ2v) is 17.2. The zero-order valence-electron chi connectivity index (χ0n) is 36.7. The van der Waals surface area contributed by atoms with Crippen molar-refractivity contribution >= 4 is 0 Å². The fourth-order valence-electron chi connectivity index (χ4n) is 7.96. The number of hydrogen-bond donors (Lipinski definition) is 0. The van der Waals surface area contributed by atoms with Crippen LogP contribution in [0.3, 0.4) is 0 Å². The van der Waals surface area contributed by atoms with Crippen LogP contribution in [-0.2, 0) is 26.5 Å². The van der Waals surface area contributed by atoms with E-state index in [1.807, 2.05) is 55.0 Å². The molecule has 0 aliphatic carbocycles. The van der Waals surface area contributed by atoms with E-state index in [0.717, 1.165) is 62.4 Å². The summed E-state index contributed by atoms with van der Waals surface area (Å²) in [4.78, 5) is 19.0. The number of hydrogen-bond acceptors (Lipinski definition) is 2. The molecule has 0 spiro atoms. The van der Waals surface area contributed by atoms with E-state index in [-0.39, 0.29) is 31.9 Å². The molecule has 0 fully saturated rings. The number of aromatic nitrogens is 6. The molecule has 0 amide bonds. The standard InChI is InChI=1S/C32H32N3.C25H18N3.Pt/c1-31(2,3)32(4,5)28-22-35(30(34-28)27-20-13-21-33-27)29-25(23-14-8-6-9-15-23)18-12-19-26(29)24-16-10-7-11-17-24;1-3-9-19(10-4-1)21-13-7-14-22(20-11-5-2-6-12-20)24(21)28-18-17-27-25(28)23-15-8-16-26-23;/h6-22H,1-5H3;1-18H;/q2*-1;+2. The van der Waals surface area contributed by atoms with Crippen molar-refractivity contribution < 1.29 is 21.1 Å². The number of nitrogens with zero attached hydrogens (tertiary/aromatic N) is 6. The molecule has 0 atom stereocenters. The average Bonchev–Trinajstić information content (AvgIpc) is 4.18. The number of para-hydroxylation sites is 2. The molecule has 10 rings (SSSR count). The Kier molecular flexibility index (Phi) is 12.8. The van der Waals surface area contributed by atoms with Gasteiger partial charge in [-0.2, -0.15) is 12.4 Å². The minimum atomic E-state index is -0.145. The van der Waals surface area contributed by atoms with Gasteiger partial charge < -0.3 is 14.5 Å². The van der Waals surface area contributed by atoms with Crippen molar-refractivity contribution in [2.75, 3.05) is 0 Å². The monoisotopic (exact) mass is 1010 g/mol. The summed E-state index contributed by atoms with van der Waals surface area (Å²) in [5.74, 6) is 1.70. The van der Waals surface area contributed by atoms with Gasteiger partial charge in [-0.15, -0.1) is 0 Å². The maximum absolute atomic E-state index is 5.24. The maximum Gasteiger partial charge on any atom is 2.00 e. The zero-order chi connectivity index (χ0) is 43.4. The summed E-state index contributed by atoms with van der Waals surface area (Å²) < 4.78 is 4.41. The molecule has 7 heteroatoms. The van der Waals surface area contributed by atoms with Gasteiger partial charge in [-0.25, -0.2) is 9.97 Å². The molecular formula is C57H50N6Pt. The van der Waals surface area contributed by atoms with Crippen LogP contribution in [0.2, 0.25) is 0 Å². The molecule has 0 aliphatic heterocycles. The molecule has 0 unspecified atom stereocenters. The van der Waals surface area contributed by atoms with Crippen molar-refractivity contribution in [1.29, 1.82) is 0 Å². The van der Waals surface area contributed by atoms with E-state index in [1.165, 1.54) is 22.3 Å². The van der Waals surface area contributed by atoms with Gasteiger partial charge in [-0.3, -0.25) is 4.57 Å². The van der Waals surface area contributed by atoms with Crippen LogP contribution in [0.15, 0.2) is 213 Å². The third-order valence-corrected chi connectivity index (χ3v) is 12.3. The molecule has 0 aliphatic rings. The molecule has 0 saturated carbocycles. The second-order valence-electron chi connectivity index (χ2n) is 17.2. The fourth-order valence-corrected chi connectivity index (χ4v) is 7.96. The molecule has 4 aromatic heterocycles. The van der Waals surface area contributed by atoms with Gasteiger partial charge in [0.05, 0.1) is 17.1 Å². The van der Waals surface area contributed by atoms with Crippen molar-refractivity contribution in [2.24, 2.45) is 5.41 Å². The number of benzene rings is 6. The topological polar surface area (TPSA) is 63.8 Å². The number of rotatable bonds is 9. The summed E-state index contributed by atoms with van der Waals surface area (Å²) in [7, 11) is 0. The SMILES string of the molecule is CC(C)(C)C(C)(C)c1cn(-c2c(-c3ccccc3)cccc2-c2ccccc2)c(-c2ccc[n-]2)n1.[Pt+2].c1ccc(-c2cccc(-c3ccccc3)c2-n2ccnc2-c2ccc[n-]2)cc1. The Hall–Kier alpha value is -7.01. The van der Waals surface area contributed by atoms with Crippen LogP contribution in [0.5, 0.6) is 0 Å². The molecule has 64 heavy (non-hydrogen) atoms. The molecule has 4 heterocycles. The number of imidazole rings is 2. The van der Waals surface area contributed by atoms with E-state index in [1.54, 1.807) is 6.20 Å². The molecule has 6 aromatic carbocycles. The summed E-state index contributed by atoms with van der Waals surface area (Å²) in [6.45, 7) is 11.4. The van der Waals surface area contributed by atoms with Crippen molar-refractivity contribution in [3.63, 3.8) is 0 Å². The van der Waals surface area contributed by atoms with E-state index in [2.05, 4.69) is 210 Å². The molecule has 0 radical (unpaired) electrons. The van der Waals surface area contributed by atoms with Gasteiger partial charge in [0.25, 0.3) is 0 Å². The van der Waals surface area contributed by atoms with Gasteiger partial charge in [0, 0.05) is 46.3 Å². The molecular weight excluding hydrogens is 964 g/mol. The summed E-state index contributed by atoms with van der Waals surface area (Å²) in [6, 6.07) is 63.1. The van der Waals surface area contributed by atoms with Gasteiger partial charge in [0.1, 0.15) is 11.6 Å². The molecule has 0 saturated heterocycles. The third kappa shape index (κ3) is 8.67. The Labute approximate surface area is 391 Å². The quantitative estimate of drug-likeness (QED) is 0.145. The first-order chi connectivity index (χ1) is 30.7. The summed E-state index contributed by atoms with van der Waals surface area (Å²) >= 11 is 0. The van der Waals surface area contributed by atoms with Crippen LogP contribution in [0, 0.1) is 5.41 Å². The van der Waals surface area contributed by atoms with Crippen LogP contribution in [-0.4, -0.2) is 19.1 Å². The summed E-state index contributed by atoms with van der Waals surface area (Å²) in [5, 5.41) is 0. The van der Waals surface area contributed by atoms with E-state index < -0.39 is 0 Å². The minimum absolute atomic E-state index is 0. The zero-order valence-corrected chi connectivity index (χ0v) is 39.0. The maximum atomic E-state index is 5.24. The first-order valence-corrected chi connectivity index (χ1v) is 21.5. The van der Waals surface area contributed by atoms with Crippen LogP contribution in [0.4, 0.5) is 0 Å². The van der Waals surface area contributed by atoms with Crippen LogP contribution in [0.25, 0.3) is 78.9 Å². The van der Waals surface area contributed by atoms with Crippen LogP contribution >= 0.6 is 0 Å². The van der Waals surface area contributed by atoms with Gasteiger partial charge in [0.15, 0.2) is 0 Å². The van der Waals surface area contributed by atoms with Crippen molar-refractivity contribution in [1.82, 2.24) is 29.1 Å². The summed E-state index contributed by atoms with van der Waals surface area (Å²) in [5.41, 5.74) is 14.3. The fraction of sp³-hybridized carbons (Fsp3) is 0.123. The first kappa shape index (κ1) is 43.6. The molecule has 10 aromatic rings. The van der Waals surface area contributed by atoms with Crippen molar-refractivity contribution in [3.05, 3.63) is 219 Å². The average molecular weight is 1010 g/mol. The molecule has 318 valence electrons. The van der Waals surface area contributed by atoms with E-state index in [0.29, 0.717) is 0 Å². The van der Waals surface area contributed by atoms with Crippen LogP contribution < -0.4 is 9.97 Å². The predicted octanol–water partition coefficient (Wildman–Crippen LogP) is 14.0. The Morgan fingerprint density at radius 1 is 0.422 bits per heavy atom. The normalized spacial score (nSPS) is 11.4. The Bertz CT molecular complexity index is 2920. The molecule has 0 N–H and O–H groups in total. The Morgan fingerprint density at radius 3 is 1.19 bits per heavy atom. The van der Waals surface area contributed by atoms with Gasteiger partial charge in [0.2, 0.25) is 0 Å². The van der Waals surface area contributed by atoms with Gasteiger partial charge >= 0.3 is 21.1 Å². The largest absolute Gasteiger partial charge is 2.00 e. The smallest absolute Gasteiger partial charge is 0.661 e. The van der Waals surface area contributed by atoms with E-state index >= 15 is 0 Å². The second kappa shape index (κ2) is 18.8. The van der Waals surface area contributed by atoms with E-state index in [9.17, 15) is 0 Å². The Balaban J connectivity index is 0.000000176. The van der Waals surface area contributed by atoms with Crippen LogP contribution in [0.1, 0.15) is 40.3 Å². The Morgan fingerprint density at radius 2 is 0.812 bits per heavy atom. The van der Waals surface area contributed by atoms with Crippen molar-refractivity contribution in [3.8, 4) is 78.9 Å². The van der Waals surface area contributed by atoms with Crippen molar-refractivity contribution in [2.45, 2.75) is 40.0 Å². The minimum Gasteiger partial charge on any atom is -0.661 e. The molecule has 0 bridgehead atoms. The first-order valence-electron chi connectivity index (χ1n) is 21.5. The van der Waals surface area contributed by atoms with Gasteiger partial charge in [-0.1, -0.05) is 228 Å². The predicted molar refractivity (Wildman–Crippen MR) is 259 cm³/mol. The van der Waals surface area contributed by atoms with E-state index in [4.69, 9.17) is 4.98 Å². The summed E-state index contributed by atoms with van der Waals surface area (Å²) in [6.07, 6.45) is 9.71. The van der Waals surface area contributed by atoms with Gasteiger partial charge in [-0.05, 0) is 27.7 Å². The molecule has 6 nitrogen and oxygen atoms in total. The third-order valence-electron chi connectivity index (χ3n) is 12.3.